The van der Waals surface area contributed by atoms with Crippen LogP contribution in [0, 0.1) is 0 Å². The van der Waals surface area contributed by atoms with E-state index in [0.717, 1.165) is 0 Å². The van der Waals surface area contributed by atoms with Gasteiger partial charge in [0.1, 0.15) is 5.15 Å². The highest BCUT2D eigenvalue weighted by Crippen LogP contribution is 2.15. The molecule has 0 aliphatic rings. The zero-order valence-corrected chi connectivity index (χ0v) is 9.13. The highest BCUT2D eigenvalue weighted by atomic mass is 35.5. The topological polar surface area (TPSA) is 76.1 Å². The molecule has 0 aromatic carbocycles. The number of methoxy groups -OCH3 is 1. The molecule has 1 rings (SSSR count). The Hall–Kier alpha value is -1.40. The minimum atomic E-state index is -0.248. The van der Waals surface area contributed by atoms with E-state index in [0.29, 0.717) is 5.88 Å². The van der Waals surface area contributed by atoms with Crippen LogP contribution in [-0.2, 0) is 4.79 Å². The standard InChI is InChI=1S/C8H11ClN4O2/c1-10-4-6(14)12-8-11-5(9)3-7(13-8)15-2/h3,10H,4H2,1-2H3,(H,11,12,13,14). The molecule has 0 aliphatic heterocycles. The molecule has 7 heteroatoms. The second kappa shape index (κ2) is 5.47. The number of nitrogens with zero attached hydrogens (tertiary/aromatic N) is 2. The minimum absolute atomic E-state index is 0.125. The largest absolute Gasteiger partial charge is 0.481 e. The van der Waals surface area contributed by atoms with Crippen LogP contribution >= 0.6 is 11.6 Å². The molecule has 0 radical (unpaired) electrons. The predicted octanol–water partition coefficient (Wildman–Crippen LogP) is 0.296. The van der Waals surface area contributed by atoms with Gasteiger partial charge < -0.3 is 10.1 Å². The van der Waals surface area contributed by atoms with Crippen LogP contribution in [0.3, 0.4) is 0 Å². The van der Waals surface area contributed by atoms with Crippen LogP contribution < -0.4 is 15.4 Å². The molecule has 0 bridgehead atoms. The van der Waals surface area contributed by atoms with Crippen molar-refractivity contribution in [3.63, 3.8) is 0 Å². The van der Waals surface area contributed by atoms with E-state index >= 15 is 0 Å². The fraction of sp³-hybridized carbons (Fsp3) is 0.375. The molecule has 1 amide bonds. The fourth-order valence-corrected chi connectivity index (χ4v) is 1.06. The Morgan fingerprint density at radius 3 is 2.93 bits per heavy atom. The Balaban J connectivity index is 2.76. The van der Waals surface area contributed by atoms with E-state index in [1.807, 2.05) is 0 Å². The lowest BCUT2D eigenvalue weighted by molar-refractivity contribution is -0.115. The van der Waals surface area contributed by atoms with Crippen molar-refractivity contribution in [3.8, 4) is 5.88 Å². The molecule has 0 aliphatic carbocycles. The normalized spacial score (nSPS) is 9.80. The van der Waals surface area contributed by atoms with Gasteiger partial charge in [0.2, 0.25) is 17.7 Å². The summed E-state index contributed by atoms with van der Waals surface area (Å²) in [7, 11) is 3.12. The third-order valence-electron chi connectivity index (χ3n) is 1.47. The van der Waals surface area contributed by atoms with Crippen LogP contribution in [0.4, 0.5) is 5.95 Å². The number of hydrogen-bond donors (Lipinski definition) is 2. The molecule has 0 saturated heterocycles. The first-order chi connectivity index (χ1) is 7.15. The van der Waals surface area contributed by atoms with Gasteiger partial charge in [0.25, 0.3) is 0 Å². The lowest BCUT2D eigenvalue weighted by atomic mass is 10.5. The van der Waals surface area contributed by atoms with Crippen LogP contribution in [0.25, 0.3) is 0 Å². The van der Waals surface area contributed by atoms with Crippen LogP contribution in [0.2, 0.25) is 5.15 Å². The molecule has 1 heterocycles. The Bertz CT molecular complexity index is 358. The average Bonchev–Trinajstić information content (AvgIpc) is 2.17. The predicted molar refractivity (Wildman–Crippen MR) is 56.2 cm³/mol. The van der Waals surface area contributed by atoms with Gasteiger partial charge in [-0.25, -0.2) is 4.98 Å². The van der Waals surface area contributed by atoms with Gasteiger partial charge in [-0.3, -0.25) is 10.1 Å². The lowest BCUT2D eigenvalue weighted by Crippen LogP contribution is -2.26. The summed E-state index contributed by atoms with van der Waals surface area (Å²) >= 11 is 5.69. The quantitative estimate of drug-likeness (QED) is 0.728. The molecule has 2 N–H and O–H groups in total. The lowest BCUT2D eigenvalue weighted by Gasteiger charge is -2.05. The SMILES string of the molecule is CNCC(=O)Nc1nc(Cl)cc(OC)n1. The van der Waals surface area contributed by atoms with Gasteiger partial charge in [-0.1, -0.05) is 11.6 Å². The zero-order chi connectivity index (χ0) is 11.3. The monoisotopic (exact) mass is 230 g/mol. The van der Waals surface area contributed by atoms with Gasteiger partial charge in [-0.05, 0) is 7.05 Å². The number of likely N-dealkylation sites (N-methyl/N-ethyl adjacent to an activating group) is 1. The molecule has 0 unspecified atom stereocenters. The molecule has 0 spiro atoms. The van der Waals surface area contributed by atoms with E-state index in [4.69, 9.17) is 16.3 Å². The van der Waals surface area contributed by atoms with Crippen molar-refractivity contribution < 1.29 is 9.53 Å². The molecule has 1 aromatic heterocycles. The van der Waals surface area contributed by atoms with Crippen molar-refractivity contribution in [1.29, 1.82) is 0 Å². The first-order valence-electron chi connectivity index (χ1n) is 4.18. The van der Waals surface area contributed by atoms with Crippen molar-refractivity contribution in [2.75, 3.05) is 26.0 Å². The number of carbonyl (C=O) groups excluding carboxylic acids is 1. The molecule has 0 saturated carbocycles. The number of hydrogen-bond acceptors (Lipinski definition) is 5. The molecule has 82 valence electrons. The number of carbonyl (C=O) groups is 1. The number of ether oxygens (including phenoxy) is 1. The number of rotatable bonds is 4. The molecular formula is C8H11ClN4O2. The molecule has 15 heavy (non-hydrogen) atoms. The summed E-state index contributed by atoms with van der Waals surface area (Å²) in [5.41, 5.74) is 0. The van der Waals surface area contributed by atoms with Crippen LogP contribution in [-0.4, -0.2) is 36.6 Å². The third kappa shape index (κ3) is 3.69. The van der Waals surface area contributed by atoms with Crippen molar-refractivity contribution in [1.82, 2.24) is 15.3 Å². The molecule has 0 fully saturated rings. The fourth-order valence-electron chi connectivity index (χ4n) is 0.887. The highest BCUT2D eigenvalue weighted by molar-refractivity contribution is 6.29. The molecular weight excluding hydrogens is 220 g/mol. The summed E-state index contributed by atoms with van der Waals surface area (Å²) in [6.07, 6.45) is 0. The first kappa shape index (κ1) is 11.7. The number of anilines is 1. The number of nitrogens with one attached hydrogen (secondary N) is 2. The Kier molecular flexibility index (Phi) is 4.26. The maximum Gasteiger partial charge on any atom is 0.240 e. The van der Waals surface area contributed by atoms with Crippen molar-refractivity contribution in [2.24, 2.45) is 0 Å². The van der Waals surface area contributed by atoms with Crippen molar-refractivity contribution in [2.45, 2.75) is 0 Å². The van der Waals surface area contributed by atoms with E-state index in [1.165, 1.54) is 13.2 Å². The maximum absolute atomic E-state index is 11.2. The molecule has 1 aromatic rings. The summed E-state index contributed by atoms with van der Waals surface area (Å²) in [5, 5.41) is 5.38. The van der Waals surface area contributed by atoms with Crippen molar-refractivity contribution in [3.05, 3.63) is 11.2 Å². The summed E-state index contributed by atoms with van der Waals surface area (Å²) < 4.78 is 4.87. The Morgan fingerprint density at radius 2 is 2.33 bits per heavy atom. The summed E-state index contributed by atoms with van der Waals surface area (Å²) in [6, 6.07) is 1.45. The van der Waals surface area contributed by atoms with Crippen LogP contribution in [0.5, 0.6) is 5.88 Å². The summed E-state index contributed by atoms with van der Waals surface area (Å²) in [4.78, 5) is 18.9. The van der Waals surface area contributed by atoms with E-state index < -0.39 is 0 Å². The summed E-state index contributed by atoms with van der Waals surface area (Å²) in [6.45, 7) is 0.179. The van der Waals surface area contributed by atoms with Gasteiger partial charge >= 0.3 is 0 Å². The van der Waals surface area contributed by atoms with Gasteiger partial charge in [0.15, 0.2) is 0 Å². The van der Waals surface area contributed by atoms with E-state index in [-0.39, 0.29) is 23.6 Å². The minimum Gasteiger partial charge on any atom is -0.481 e. The van der Waals surface area contributed by atoms with Crippen LogP contribution in [0.1, 0.15) is 0 Å². The average molecular weight is 231 g/mol. The second-order valence-corrected chi connectivity index (χ2v) is 3.02. The van der Waals surface area contributed by atoms with E-state index in [1.54, 1.807) is 7.05 Å². The van der Waals surface area contributed by atoms with E-state index in [2.05, 4.69) is 20.6 Å². The summed E-state index contributed by atoms with van der Waals surface area (Å²) in [5.74, 6) is 0.177. The molecule has 0 atom stereocenters. The van der Waals surface area contributed by atoms with Gasteiger partial charge in [-0.15, -0.1) is 0 Å². The number of aromatic nitrogens is 2. The first-order valence-corrected chi connectivity index (χ1v) is 4.56. The van der Waals surface area contributed by atoms with E-state index in [9.17, 15) is 4.79 Å². The number of amides is 1. The van der Waals surface area contributed by atoms with Gasteiger partial charge in [-0.2, -0.15) is 4.98 Å². The third-order valence-corrected chi connectivity index (χ3v) is 1.66. The Morgan fingerprint density at radius 1 is 1.60 bits per heavy atom. The van der Waals surface area contributed by atoms with Gasteiger partial charge in [0, 0.05) is 6.07 Å². The smallest absolute Gasteiger partial charge is 0.240 e. The molecule has 6 nitrogen and oxygen atoms in total. The van der Waals surface area contributed by atoms with Crippen LogP contribution in [0.15, 0.2) is 6.07 Å². The Labute approximate surface area is 92.0 Å². The maximum atomic E-state index is 11.2. The zero-order valence-electron chi connectivity index (χ0n) is 8.37. The highest BCUT2D eigenvalue weighted by Gasteiger charge is 2.06. The number of halogens is 1. The van der Waals surface area contributed by atoms with Gasteiger partial charge in [0.05, 0.1) is 13.7 Å². The second-order valence-electron chi connectivity index (χ2n) is 2.64. The van der Waals surface area contributed by atoms with Crippen molar-refractivity contribution >= 4 is 23.5 Å².